The number of halogens is 3. The highest BCUT2D eigenvalue weighted by Gasteiger charge is 2.29. The van der Waals surface area contributed by atoms with Gasteiger partial charge in [-0.15, -0.1) is 10.2 Å². The minimum absolute atomic E-state index is 0.517. The average Bonchev–Trinajstić information content (AvgIpc) is 3.01. The zero-order valence-corrected chi connectivity index (χ0v) is 13.6. The molecule has 124 valence electrons. The number of benzene rings is 2. The standard InChI is InChI=1S/C17H14F3N3S/c1-12-4-2-3-5-15(12)23-11-21-22-16(23)24-10-13-6-8-14(9-7-13)17(18,19)20/h2-9,11H,10H2,1H3. The van der Waals surface area contributed by atoms with Crippen LogP contribution in [0.1, 0.15) is 16.7 Å². The maximum absolute atomic E-state index is 12.6. The molecule has 0 atom stereocenters. The highest BCUT2D eigenvalue weighted by molar-refractivity contribution is 7.98. The molecule has 2 aromatic carbocycles. The Morgan fingerprint density at radius 1 is 1.04 bits per heavy atom. The first kappa shape index (κ1) is 16.6. The minimum atomic E-state index is -4.31. The van der Waals surface area contributed by atoms with E-state index in [1.54, 1.807) is 6.33 Å². The van der Waals surface area contributed by atoms with Crippen LogP contribution in [0, 0.1) is 6.92 Å². The van der Waals surface area contributed by atoms with E-state index in [-0.39, 0.29) is 0 Å². The Morgan fingerprint density at radius 3 is 2.42 bits per heavy atom. The second-order valence-corrected chi connectivity index (χ2v) is 6.20. The van der Waals surface area contributed by atoms with Gasteiger partial charge in [0, 0.05) is 5.75 Å². The van der Waals surface area contributed by atoms with E-state index >= 15 is 0 Å². The number of aryl methyl sites for hydroxylation is 1. The molecule has 1 aromatic heterocycles. The fraction of sp³-hybridized carbons (Fsp3) is 0.176. The zero-order valence-electron chi connectivity index (χ0n) is 12.8. The van der Waals surface area contributed by atoms with E-state index in [2.05, 4.69) is 10.2 Å². The first-order valence-corrected chi connectivity index (χ1v) is 8.18. The van der Waals surface area contributed by atoms with E-state index < -0.39 is 11.7 Å². The van der Waals surface area contributed by atoms with Crippen molar-refractivity contribution in [1.29, 1.82) is 0 Å². The van der Waals surface area contributed by atoms with E-state index in [4.69, 9.17) is 0 Å². The summed E-state index contributed by atoms with van der Waals surface area (Å²) < 4.78 is 39.6. The molecule has 7 heteroatoms. The second-order valence-electron chi connectivity index (χ2n) is 5.25. The van der Waals surface area contributed by atoms with Crippen LogP contribution in [-0.2, 0) is 11.9 Å². The molecule has 3 aromatic rings. The largest absolute Gasteiger partial charge is 0.416 e. The highest BCUT2D eigenvalue weighted by Crippen LogP contribution is 2.30. The third kappa shape index (κ3) is 3.62. The molecule has 24 heavy (non-hydrogen) atoms. The van der Waals surface area contributed by atoms with Crippen molar-refractivity contribution in [1.82, 2.24) is 14.8 Å². The van der Waals surface area contributed by atoms with Gasteiger partial charge in [-0.1, -0.05) is 42.1 Å². The summed E-state index contributed by atoms with van der Waals surface area (Å²) in [6.07, 6.45) is -2.67. The van der Waals surface area contributed by atoms with Crippen LogP contribution in [0.5, 0.6) is 0 Å². The first-order chi connectivity index (χ1) is 11.4. The number of nitrogens with zero attached hydrogens (tertiary/aromatic N) is 3. The van der Waals surface area contributed by atoms with Gasteiger partial charge in [-0.3, -0.25) is 4.57 Å². The van der Waals surface area contributed by atoms with Gasteiger partial charge in [-0.05, 0) is 36.2 Å². The maximum Gasteiger partial charge on any atom is 0.416 e. The quantitative estimate of drug-likeness (QED) is 0.629. The van der Waals surface area contributed by atoms with Crippen LogP contribution < -0.4 is 0 Å². The number of aromatic nitrogens is 3. The van der Waals surface area contributed by atoms with Crippen LogP contribution in [0.2, 0.25) is 0 Å². The summed E-state index contributed by atoms with van der Waals surface area (Å²) in [5.74, 6) is 0.517. The molecular formula is C17H14F3N3S. The number of hydrogen-bond acceptors (Lipinski definition) is 3. The summed E-state index contributed by atoms with van der Waals surface area (Å²) in [6.45, 7) is 2.00. The van der Waals surface area contributed by atoms with Crippen molar-refractivity contribution >= 4 is 11.8 Å². The van der Waals surface area contributed by atoms with Gasteiger partial charge in [0.2, 0.25) is 0 Å². The molecule has 0 unspecified atom stereocenters. The summed E-state index contributed by atoms with van der Waals surface area (Å²) in [5.41, 5.74) is 2.23. The van der Waals surface area contributed by atoms with Crippen LogP contribution in [0.4, 0.5) is 13.2 Å². The molecule has 3 rings (SSSR count). The smallest absolute Gasteiger partial charge is 0.276 e. The predicted molar refractivity (Wildman–Crippen MR) is 87.1 cm³/mol. The van der Waals surface area contributed by atoms with E-state index in [0.29, 0.717) is 10.9 Å². The molecule has 0 aliphatic heterocycles. The number of thioether (sulfide) groups is 1. The summed E-state index contributed by atoms with van der Waals surface area (Å²) in [7, 11) is 0. The van der Waals surface area contributed by atoms with Crippen LogP contribution >= 0.6 is 11.8 Å². The van der Waals surface area contributed by atoms with Crippen LogP contribution in [0.15, 0.2) is 60.0 Å². The first-order valence-electron chi connectivity index (χ1n) is 7.20. The Bertz CT molecular complexity index is 826. The molecule has 0 bridgehead atoms. The lowest BCUT2D eigenvalue weighted by molar-refractivity contribution is -0.137. The number of rotatable bonds is 4. The molecule has 0 amide bonds. The summed E-state index contributed by atoms with van der Waals surface area (Å²) in [5, 5.41) is 8.74. The fourth-order valence-electron chi connectivity index (χ4n) is 2.26. The van der Waals surface area contributed by atoms with Gasteiger partial charge in [0.05, 0.1) is 11.3 Å². The SMILES string of the molecule is Cc1ccccc1-n1cnnc1SCc1ccc(C(F)(F)F)cc1. The number of alkyl halides is 3. The van der Waals surface area contributed by atoms with E-state index in [1.807, 2.05) is 35.8 Å². The molecule has 3 nitrogen and oxygen atoms in total. The number of para-hydroxylation sites is 1. The van der Waals surface area contributed by atoms with Crippen molar-refractivity contribution in [3.05, 3.63) is 71.5 Å². The van der Waals surface area contributed by atoms with Crippen molar-refractivity contribution in [2.75, 3.05) is 0 Å². The predicted octanol–water partition coefficient (Wildman–Crippen LogP) is 4.89. The number of hydrogen-bond donors (Lipinski definition) is 0. The summed E-state index contributed by atoms with van der Waals surface area (Å²) >= 11 is 1.43. The molecule has 0 aliphatic carbocycles. The maximum atomic E-state index is 12.6. The Balaban J connectivity index is 1.75. The van der Waals surface area contributed by atoms with Crippen molar-refractivity contribution < 1.29 is 13.2 Å². The Morgan fingerprint density at radius 2 is 1.75 bits per heavy atom. The molecule has 0 saturated heterocycles. The Kier molecular flexibility index (Phi) is 4.62. The van der Waals surface area contributed by atoms with Crippen LogP contribution in [-0.4, -0.2) is 14.8 Å². The summed E-state index contributed by atoms with van der Waals surface area (Å²) in [4.78, 5) is 0. The van der Waals surface area contributed by atoms with Gasteiger partial charge >= 0.3 is 6.18 Å². The monoisotopic (exact) mass is 349 g/mol. The molecule has 1 heterocycles. The van der Waals surface area contributed by atoms with E-state index in [1.165, 1.54) is 23.9 Å². The van der Waals surface area contributed by atoms with Gasteiger partial charge in [0.1, 0.15) is 6.33 Å². The lowest BCUT2D eigenvalue weighted by Crippen LogP contribution is -2.04. The van der Waals surface area contributed by atoms with Gasteiger partial charge in [0.25, 0.3) is 0 Å². The molecule has 0 saturated carbocycles. The van der Waals surface area contributed by atoms with Crippen molar-refractivity contribution in [3.63, 3.8) is 0 Å². The second kappa shape index (κ2) is 6.68. The summed E-state index contributed by atoms with van der Waals surface area (Å²) in [6, 6.07) is 13.0. The molecule has 0 spiro atoms. The van der Waals surface area contributed by atoms with Crippen LogP contribution in [0.3, 0.4) is 0 Å². The Hall–Kier alpha value is -2.28. The van der Waals surface area contributed by atoms with E-state index in [0.717, 1.165) is 28.9 Å². The van der Waals surface area contributed by atoms with Gasteiger partial charge in [-0.25, -0.2) is 0 Å². The highest BCUT2D eigenvalue weighted by atomic mass is 32.2. The normalized spacial score (nSPS) is 11.7. The fourth-order valence-corrected chi connectivity index (χ4v) is 3.14. The van der Waals surface area contributed by atoms with Crippen molar-refractivity contribution in [2.24, 2.45) is 0 Å². The lowest BCUT2D eigenvalue weighted by atomic mass is 10.1. The molecule has 0 aliphatic rings. The third-order valence-electron chi connectivity index (χ3n) is 3.54. The zero-order chi connectivity index (χ0) is 17.2. The third-order valence-corrected chi connectivity index (χ3v) is 4.55. The molecule has 0 N–H and O–H groups in total. The lowest BCUT2D eigenvalue weighted by Gasteiger charge is -2.10. The minimum Gasteiger partial charge on any atom is -0.276 e. The topological polar surface area (TPSA) is 30.7 Å². The van der Waals surface area contributed by atoms with Crippen LogP contribution in [0.25, 0.3) is 5.69 Å². The van der Waals surface area contributed by atoms with Gasteiger partial charge in [-0.2, -0.15) is 13.2 Å². The Labute approximate surface area is 141 Å². The van der Waals surface area contributed by atoms with Crippen molar-refractivity contribution in [2.45, 2.75) is 24.0 Å². The van der Waals surface area contributed by atoms with Gasteiger partial charge < -0.3 is 0 Å². The average molecular weight is 349 g/mol. The van der Waals surface area contributed by atoms with Crippen molar-refractivity contribution in [3.8, 4) is 5.69 Å². The molecule has 0 fully saturated rings. The van der Waals surface area contributed by atoms with E-state index in [9.17, 15) is 13.2 Å². The molecule has 0 radical (unpaired) electrons. The van der Waals surface area contributed by atoms with Gasteiger partial charge in [0.15, 0.2) is 5.16 Å². The molecular weight excluding hydrogens is 335 g/mol.